The van der Waals surface area contributed by atoms with Crippen molar-refractivity contribution in [3.8, 4) is 0 Å². The van der Waals surface area contributed by atoms with Crippen molar-refractivity contribution in [2.24, 2.45) is 5.92 Å². The minimum atomic E-state index is 0.702. The molecule has 2 heteroatoms. The van der Waals surface area contributed by atoms with Gasteiger partial charge in [0.25, 0.3) is 0 Å². The van der Waals surface area contributed by atoms with E-state index in [9.17, 15) is 0 Å². The molecule has 0 aromatic heterocycles. The fourth-order valence-corrected chi connectivity index (χ4v) is 2.72. The quantitative estimate of drug-likeness (QED) is 0.728. The van der Waals surface area contributed by atoms with Gasteiger partial charge in [0.2, 0.25) is 0 Å². The van der Waals surface area contributed by atoms with Gasteiger partial charge in [-0.15, -0.1) is 0 Å². The Kier molecular flexibility index (Phi) is 5.62. The molecular formula is C13H28N2. The molecule has 0 amide bonds. The predicted octanol–water partition coefficient (Wildman–Crippen LogP) is 2.49. The second kappa shape index (κ2) is 6.49. The topological polar surface area (TPSA) is 15.3 Å². The van der Waals surface area contributed by atoms with Crippen LogP contribution in [0.2, 0.25) is 0 Å². The summed E-state index contributed by atoms with van der Waals surface area (Å²) in [5.74, 6) is 0.745. The van der Waals surface area contributed by atoms with Gasteiger partial charge < -0.3 is 5.32 Å². The minimum absolute atomic E-state index is 0.702. The highest BCUT2D eigenvalue weighted by atomic mass is 15.2. The molecule has 1 aliphatic rings. The highest BCUT2D eigenvalue weighted by Crippen LogP contribution is 2.25. The number of nitrogens with zero attached hydrogens (tertiary/aromatic N) is 1. The van der Waals surface area contributed by atoms with Crippen molar-refractivity contribution in [3.63, 3.8) is 0 Å². The Labute approximate surface area is 95.4 Å². The second-order valence-electron chi connectivity index (χ2n) is 5.22. The van der Waals surface area contributed by atoms with Crippen molar-refractivity contribution in [1.29, 1.82) is 0 Å². The van der Waals surface area contributed by atoms with Crippen LogP contribution in [0.25, 0.3) is 0 Å². The average molecular weight is 212 g/mol. The Morgan fingerprint density at radius 2 is 1.87 bits per heavy atom. The zero-order chi connectivity index (χ0) is 11.3. The molecule has 0 heterocycles. The van der Waals surface area contributed by atoms with E-state index in [4.69, 9.17) is 0 Å². The standard InChI is InChI=1S/C13H28N2/c1-5-14-10-13(11(2)3)15(4)12-8-6-7-9-12/h11-14H,5-10H2,1-4H3. The molecule has 1 aliphatic carbocycles. The summed E-state index contributed by atoms with van der Waals surface area (Å²) < 4.78 is 0. The zero-order valence-electron chi connectivity index (χ0n) is 10.9. The Balaban J connectivity index is 2.45. The van der Waals surface area contributed by atoms with E-state index in [1.807, 2.05) is 0 Å². The molecule has 1 atom stereocenters. The molecule has 0 saturated heterocycles. The Hall–Kier alpha value is -0.0800. The molecule has 90 valence electrons. The van der Waals surface area contributed by atoms with Crippen molar-refractivity contribution in [2.75, 3.05) is 20.1 Å². The molecular weight excluding hydrogens is 184 g/mol. The van der Waals surface area contributed by atoms with Gasteiger partial charge in [0.15, 0.2) is 0 Å². The molecule has 0 aromatic carbocycles. The van der Waals surface area contributed by atoms with E-state index in [1.165, 1.54) is 25.7 Å². The van der Waals surface area contributed by atoms with Gasteiger partial charge in [-0.2, -0.15) is 0 Å². The van der Waals surface area contributed by atoms with E-state index in [2.05, 4.69) is 38.0 Å². The number of rotatable bonds is 6. The van der Waals surface area contributed by atoms with Gasteiger partial charge in [-0.25, -0.2) is 0 Å². The summed E-state index contributed by atoms with van der Waals surface area (Å²) in [7, 11) is 2.32. The Bertz CT molecular complexity index is 162. The molecule has 0 aromatic rings. The van der Waals surface area contributed by atoms with Crippen LogP contribution < -0.4 is 5.32 Å². The highest BCUT2D eigenvalue weighted by Gasteiger charge is 2.26. The van der Waals surface area contributed by atoms with Crippen LogP contribution in [0.3, 0.4) is 0 Å². The fraction of sp³-hybridized carbons (Fsp3) is 1.00. The van der Waals surface area contributed by atoms with E-state index in [-0.39, 0.29) is 0 Å². The molecule has 1 fully saturated rings. The third-order valence-corrected chi connectivity index (χ3v) is 3.80. The van der Waals surface area contributed by atoms with Crippen molar-refractivity contribution in [1.82, 2.24) is 10.2 Å². The van der Waals surface area contributed by atoms with Crippen LogP contribution in [0.1, 0.15) is 46.5 Å². The zero-order valence-corrected chi connectivity index (χ0v) is 10.9. The monoisotopic (exact) mass is 212 g/mol. The van der Waals surface area contributed by atoms with Gasteiger partial charge in [0.1, 0.15) is 0 Å². The smallest absolute Gasteiger partial charge is 0.0243 e. The number of nitrogens with one attached hydrogen (secondary N) is 1. The molecule has 1 saturated carbocycles. The van der Waals surface area contributed by atoms with Gasteiger partial charge in [0, 0.05) is 18.6 Å². The minimum Gasteiger partial charge on any atom is -0.315 e. The molecule has 1 N–H and O–H groups in total. The van der Waals surface area contributed by atoms with Crippen LogP contribution >= 0.6 is 0 Å². The summed E-state index contributed by atoms with van der Waals surface area (Å²) in [6.45, 7) is 9.09. The van der Waals surface area contributed by atoms with Crippen LogP contribution in [0.5, 0.6) is 0 Å². The van der Waals surface area contributed by atoms with Crippen molar-refractivity contribution in [2.45, 2.75) is 58.5 Å². The van der Waals surface area contributed by atoms with Crippen molar-refractivity contribution >= 4 is 0 Å². The maximum Gasteiger partial charge on any atom is 0.0243 e. The lowest BCUT2D eigenvalue weighted by atomic mass is 10.0. The van der Waals surface area contributed by atoms with Crippen LogP contribution in [0.4, 0.5) is 0 Å². The number of likely N-dealkylation sites (N-methyl/N-ethyl adjacent to an activating group) is 2. The Morgan fingerprint density at radius 3 is 2.33 bits per heavy atom. The van der Waals surface area contributed by atoms with Crippen LogP contribution in [-0.2, 0) is 0 Å². The van der Waals surface area contributed by atoms with Crippen molar-refractivity contribution < 1.29 is 0 Å². The van der Waals surface area contributed by atoms with Gasteiger partial charge in [-0.3, -0.25) is 4.90 Å². The van der Waals surface area contributed by atoms with Crippen LogP contribution in [0.15, 0.2) is 0 Å². The summed E-state index contributed by atoms with van der Waals surface area (Å²) in [5.41, 5.74) is 0. The van der Waals surface area contributed by atoms with E-state index in [1.54, 1.807) is 0 Å². The fourth-order valence-electron chi connectivity index (χ4n) is 2.72. The molecule has 0 spiro atoms. The largest absolute Gasteiger partial charge is 0.315 e. The first-order chi connectivity index (χ1) is 7.16. The maximum absolute atomic E-state index is 3.49. The predicted molar refractivity (Wildman–Crippen MR) is 67.2 cm³/mol. The average Bonchev–Trinajstić information content (AvgIpc) is 2.70. The molecule has 1 rings (SSSR count). The summed E-state index contributed by atoms with van der Waals surface area (Å²) >= 11 is 0. The molecule has 1 unspecified atom stereocenters. The molecule has 0 aliphatic heterocycles. The van der Waals surface area contributed by atoms with E-state index >= 15 is 0 Å². The third kappa shape index (κ3) is 3.76. The molecule has 2 nitrogen and oxygen atoms in total. The van der Waals surface area contributed by atoms with Crippen molar-refractivity contribution in [3.05, 3.63) is 0 Å². The van der Waals surface area contributed by atoms with Gasteiger partial charge in [0.05, 0.1) is 0 Å². The number of hydrogen-bond donors (Lipinski definition) is 1. The normalized spacial score (nSPS) is 20.4. The summed E-state index contributed by atoms with van der Waals surface area (Å²) in [5, 5.41) is 3.49. The SMILES string of the molecule is CCNCC(C(C)C)N(C)C1CCCC1. The summed E-state index contributed by atoms with van der Waals surface area (Å²) in [6, 6.07) is 1.55. The lowest BCUT2D eigenvalue weighted by molar-refractivity contribution is 0.135. The Morgan fingerprint density at radius 1 is 1.27 bits per heavy atom. The lowest BCUT2D eigenvalue weighted by Gasteiger charge is -2.35. The molecule has 15 heavy (non-hydrogen) atoms. The lowest BCUT2D eigenvalue weighted by Crippen LogP contribution is -2.47. The van der Waals surface area contributed by atoms with E-state index in [0.717, 1.165) is 25.0 Å². The first-order valence-electron chi connectivity index (χ1n) is 6.59. The van der Waals surface area contributed by atoms with Gasteiger partial charge >= 0.3 is 0 Å². The molecule has 0 bridgehead atoms. The highest BCUT2D eigenvalue weighted by molar-refractivity contribution is 4.83. The first kappa shape index (κ1) is 13.0. The van der Waals surface area contributed by atoms with Crippen LogP contribution in [-0.4, -0.2) is 37.1 Å². The third-order valence-electron chi connectivity index (χ3n) is 3.80. The summed E-state index contributed by atoms with van der Waals surface area (Å²) in [6.07, 6.45) is 5.68. The first-order valence-corrected chi connectivity index (χ1v) is 6.59. The van der Waals surface area contributed by atoms with E-state index in [0.29, 0.717) is 6.04 Å². The van der Waals surface area contributed by atoms with E-state index < -0.39 is 0 Å². The van der Waals surface area contributed by atoms with Gasteiger partial charge in [-0.05, 0) is 32.4 Å². The maximum atomic E-state index is 3.49. The van der Waals surface area contributed by atoms with Gasteiger partial charge in [-0.1, -0.05) is 33.6 Å². The second-order valence-corrected chi connectivity index (χ2v) is 5.22. The summed E-state index contributed by atoms with van der Waals surface area (Å²) in [4.78, 5) is 2.63. The molecule has 0 radical (unpaired) electrons. The number of hydrogen-bond acceptors (Lipinski definition) is 2. The van der Waals surface area contributed by atoms with Crippen LogP contribution in [0, 0.1) is 5.92 Å².